The van der Waals surface area contributed by atoms with Crippen molar-refractivity contribution in [2.75, 3.05) is 6.61 Å². The molecule has 2 atom stereocenters. The summed E-state index contributed by atoms with van der Waals surface area (Å²) in [7, 11) is -4.27. The number of aromatic nitrogens is 1. The highest BCUT2D eigenvalue weighted by molar-refractivity contribution is 7.89. The fourth-order valence-corrected chi connectivity index (χ4v) is 5.10. The number of carbonyl (C=O) groups excluding carboxylic acids is 1. The van der Waals surface area contributed by atoms with Crippen LogP contribution in [0.1, 0.15) is 75.4 Å². The normalized spacial score (nSPS) is 13.5. The lowest BCUT2D eigenvalue weighted by atomic mass is 9.88. The van der Waals surface area contributed by atoms with Crippen molar-refractivity contribution in [3.05, 3.63) is 58.2 Å². The Kier molecular flexibility index (Phi) is 11.0. The Morgan fingerprint density at radius 3 is 2.34 bits per heavy atom. The van der Waals surface area contributed by atoms with Gasteiger partial charge in [0.25, 0.3) is 0 Å². The van der Waals surface area contributed by atoms with Crippen molar-refractivity contribution < 1.29 is 27.4 Å². The van der Waals surface area contributed by atoms with Crippen molar-refractivity contribution in [2.45, 2.75) is 91.2 Å². The number of rotatable bonds is 8. The molecule has 2 unspecified atom stereocenters. The van der Waals surface area contributed by atoms with Crippen molar-refractivity contribution in [1.29, 1.82) is 0 Å². The first kappa shape index (κ1) is 30.7. The number of sulfonamides is 1. The SMILES string of the molecule is CC.Cc1cc(CCO)c(S(=O)(=O)NC(C(=O)OC(C)(C)C)C(C)c2c(F)ccc(C)c2C)cn1. The zero-order chi connectivity index (χ0) is 27.1. The summed E-state index contributed by atoms with van der Waals surface area (Å²) in [6.45, 7) is 15.6. The van der Waals surface area contributed by atoms with E-state index in [1.54, 1.807) is 53.7 Å². The van der Waals surface area contributed by atoms with Crippen LogP contribution in [0.2, 0.25) is 0 Å². The highest BCUT2D eigenvalue weighted by Gasteiger charge is 2.37. The van der Waals surface area contributed by atoms with Gasteiger partial charge in [-0.05, 0) is 82.3 Å². The van der Waals surface area contributed by atoms with Crippen LogP contribution in [-0.4, -0.2) is 42.7 Å². The molecule has 0 saturated heterocycles. The minimum Gasteiger partial charge on any atom is -0.459 e. The monoisotopic (exact) mass is 510 g/mol. The summed E-state index contributed by atoms with van der Waals surface area (Å²) in [6.07, 6.45) is 1.29. The van der Waals surface area contributed by atoms with E-state index >= 15 is 0 Å². The Bertz CT molecular complexity index is 1130. The smallest absolute Gasteiger partial charge is 0.325 e. The first-order chi connectivity index (χ1) is 16.2. The molecule has 0 aliphatic carbocycles. The molecular weight excluding hydrogens is 471 g/mol. The number of pyridine rings is 1. The van der Waals surface area contributed by atoms with Crippen LogP contribution in [0.25, 0.3) is 0 Å². The van der Waals surface area contributed by atoms with Gasteiger partial charge >= 0.3 is 5.97 Å². The Morgan fingerprint density at radius 2 is 1.80 bits per heavy atom. The van der Waals surface area contributed by atoms with Gasteiger partial charge in [0, 0.05) is 24.4 Å². The van der Waals surface area contributed by atoms with Crippen LogP contribution in [0.4, 0.5) is 4.39 Å². The average molecular weight is 511 g/mol. The number of nitrogens with zero attached hydrogens (tertiary/aromatic N) is 1. The molecule has 0 amide bonds. The molecule has 1 aromatic carbocycles. The minimum absolute atomic E-state index is 0.0951. The number of halogens is 1. The number of aliphatic hydroxyl groups is 1. The highest BCUT2D eigenvalue weighted by Crippen LogP contribution is 2.30. The molecule has 196 valence electrons. The number of hydrogen-bond acceptors (Lipinski definition) is 6. The zero-order valence-corrected chi connectivity index (χ0v) is 23.0. The van der Waals surface area contributed by atoms with Crippen LogP contribution < -0.4 is 4.72 Å². The molecule has 0 spiro atoms. The Morgan fingerprint density at radius 1 is 1.20 bits per heavy atom. The highest BCUT2D eigenvalue weighted by atomic mass is 32.2. The summed E-state index contributed by atoms with van der Waals surface area (Å²) in [5.41, 5.74) is 1.77. The van der Waals surface area contributed by atoms with Crippen molar-refractivity contribution in [1.82, 2.24) is 9.71 Å². The Hall–Kier alpha value is -2.36. The number of hydrogen-bond donors (Lipinski definition) is 2. The number of aryl methyl sites for hydroxylation is 2. The number of benzene rings is 1. The van der Waals surface area contributed by atoms with Crippen LogP contribution in [0.5, 0.6) is 0 Å². The van der Waals surface area contributed by atoms with Crippen molar-refractivity contribution in [3.63, 3.8) is 0 Å². The molecule has 2 aromatic rings. The summed E-state index contributed by atoms with van der Waals surface area (Å²) in [5, 5.41) is 9.37. The van der Waals surface area contributed by atoms with E-state index in [-0.39, 0.29) is 23.5 Å². The van der Waals surface area contributed by atoms with E-state index in [1.807, 2.05) is 20.8 Å². The topological polar surface area (TPSA) is 106 Å². The first-order valence-corrected chi connectivity index (χ1v) is 13.2. The third kappa shape index (κ3) is 8.08. The van der Waals surface area contributed by atoms with E-state index in [9.17, 15) is 22.7 Å². The molecule has 0 fully saturated rings. The molecule has 0 bridgehead atoms. The standard InChI is InChI=1S/C24H33FN2O5S.C2H6/c1-14-8-9-19(25)21(16(14)3)17(4)22(23(29)32-24(5,6)7)27-33(30,31)20-13-26-15(2)12-18(20)10-11-28;1-2/h8-9,12-13,17,22,27-28H,10-11H2,1-7H3;1-2H3. The van der Waals surface area contributed by atoms with Gasteiger partial charge in [-0.1, -0.05) is 26.8 Å². The van der Waals surface area contributed by atoms with E-state index < -0.39 is 39.4 Å². The predicted molar refractivity (Wildman–Crippen MR) is 135 cm³/mol. The lowest BCUT2D eigenvalue weighted by Gasteiger charge is -2.29. The summed E-state index contributed by atoms with van der Waals surface area (Å²) < 4.78 is 49.5. The summed E-state index contributed by atoms with van der Waals surface area (Å²) in [4.78, 5) is 17.0. The number of aliphatic hydroxyl groups excluding tert-OH is 1. The van der Waals surface area contributed by atoms with Crippen molar-refractivity contribution in [3.8, 4) is 0 Å². The van der Waals surface area contributed by atoms with Gasteiger partial charge in [0.2, 0.25) is 10.0 Å². The molecule has 2 N–H and O–H groups in total. The van der Waals surface area contributed by atoms with Crippen LogP contribution in [0, 0.1) is 26.6 Å². The minimum atomic E-state index is -4.27. The Labute approximate surface area is 209 Å². The van der Waals surface area contributed by atoms with Gasteiger partial charge in [-0.2, -0.15) is 4.72 Å². The molecule has 9 heteroatoms. The fourth-order valence-electron chi connectivity index (χ4n) is 3.64. The van der Waals surface area contributed by atoms with E-state index in [0.29, 0.717) is 16.8 Å². The summed E-state index contributed by atoms with van der Waals surface area (Å²) >= 11 is 0. The van der Waals surface area contributed by atoms with E-state index in [4.69, 9.17) is 4.74 Å². The first-order valence-electron chi connectivity index (χ1n) is 11.7. The molecule has 2 rings (SSSR count). The molecule has 0 radical (unpaired) electrons. The van der Waals surface area contributed by atoms with Gasteiger partial charge in [0.05, 0.1) is 0 Å². The second-order valence-electron chi connectivity index (χ2n) is 9.23. The Balaban J connectivity index is 0.00000298. The lowest BCUT2D eigenvalue weighted by Crippen LogP contribution is -2.47. The second kappa shape index (κ2) is 12.6. The summed E-state index contributed by atoms with van der Waals surface area (Å²) in [6, 6.07) is 3.11. The maximum Gasteiger partial charge on any atom is 0.325 e. The van der Waals surface area contributed by atoms with Gasteiger partial charge in [-0.25, -0.2) is 12.8 Å². The molecule has 0 aliphatic rings. The van der Waals surface area contributed by atoms with Gasteiger partial charge in [-0.3, -0.25) is 9.78 Å². The number of esters is 1. The second-order valence-corrected chi connectivity index (χ2v) is 10.9. The van der Waals surface area contributed by atoms with Crippen LogP contribution in [0.3, 0.4) is 0 Å². The van der Waals surface area contributed by atoms with Gasteiger partial charge < -0.3 is 9.84 Å². The maximum atomic E-state index is 14.8. The predicted octanol–water partition coefficient (Wildman–Crippen LogP) is 4.50. The maximum absolute atomic E-state index is 14.8. The molecule has 1 heterocycles. The molecular formula is C26H39FN2O5S. The molecule has 1 aromatic heterocycles. The third-order valence-electron chi connectivity index (χ3n) is 5.39. The lowest BCUT2D eigenvalue weighted by molar-refractivity contribution is -0.157. The van der Waals surface area contributed by atoms with E-state index in [0.717, 1.165) is 5.56 Å². The van der Waals surface area contributed by atoms with Crippen molar-refractivity contribution in [2.24, 2.45) is 0 Å². The molecule has 35 heavy (non-hydrogen) atoms. The largest absolute Gasteiger partial charge is 0.459 e. The third-order valence-corrected chi connectivity index (χ3v) is 6.90. The quantitative estimate of drug-likeness (QED) is 0.507. The van der Waals surface area contributed by atoms with Crippen molar-refractivity contribution >= 4 is 16.0 Å². The molecule has 7 nitrogen and oxygen atoms in total. The number of nitrogens with one attached hydrogen (secondary N) is 1. The summed E-state index contributed by atoms with van der Waals surface area (Å²) in [5.74, 6) is -2.21. The fraction of sp³-hybridized carbons (Fsp3) is 0.538. The zero-order valence-electron chi connectivity index (χ0n) is 22.2. The van der Waals surface area contributed by atoms with E-state index in [2.05, 4.69) is 9.71 Å². The van der Waals surface area contributed by atoms with E-state index in [1.165, 1.54) is 12.3 Å². The average Bonchev–Trinajstić information content (AvgIpc) is 2.75. The molecule has 0 aliphatic heterocycles. The van der Waals surface area contributed by atoms with Crippen LogP contribution in [-0.2, 0) is 26.0 Å². The molecule has 0 saturated carbocycles. The van der Waals surface area contributed by atoms with Gasteiger partial charge in [0.1, 0.15) is 22.4 Å². The van der Waals surface area contributed by atoms with Gasteiger partial charge in [-0.15, -0.1) is 0 Å². The van der Waals surface area contributed by atoms with Crippen LogP contribution >= 0.6 is 0 Å². The van der Waals surface area contributed by atoms with Gasteiger partial charge in [0.15, 0.2) is 0 Å². The van der Waals surface area contributed by atoms with Crippen LogP contribution in [0.15, 0.2) is 29.3 Å². The number of ether oxygens (including phenoxy) is 1. The number of carbonyl (C=O) groups is 1.